The molecule has 1 N–H and O–H groups in total. The second kappa shape index (κ2) is 8.88. The van der Waals surface area contributed by atoms with Crippen LogP contribution in [-0.4, -0.2) is 60.5 Å². The number of anilines is 1. The molecule has 1 aromatic rings. The largest absolute Gasteiger partial charge is 0.450 e. The van der Waals surface area contributed by atoms with Crippen molar-refractivity contribution in [3.8, 4) is 0 Å². The first kappa shape index (κ1) is 20.7. The van der Waals surface area contributed by atoms with E-state index in [1.165, 1.54) is 0 Å². The smallest absolute Gasteiger partial charge is 0.409 e. The highest BCUT2D eigenvalue weighted by Gasteiger charge is 2.26. The summed E-state index contributed by atoms with van der Waals surface area (Å²) in [6.45, 7) is 9.96. The first-order valence-corrected chi connectivity index (χ1v) is 9.31. The topological polar surface area (TPSA) is 79.0 Å². The Morgan fingerprint density at radius 1 is 1.04 bits per heavy atom. The summed E-state index contributed by atoms with van der Waals surface area (Å²) in [6.07, 6.45) is -0.570. The summed E-state index contributed by atoms with van der Waals surface area (Å²) in [6, 6.07) is 7.62. The Bertz CT molecular complexity index is 689. The molecule has 1 aliphatic heterocycles. The average Bonchev–Trinajstić information content (AvgIpc) is 2.61. The number of hydrogen-bond donors (Lipinski definition) is 1. The van der Waals surface area contributed by atoms with Gasteiger partial charge in [0.2, 0.25) is 11.8 Å². The minimum atomic E-state index is -0.360. The molecule has 3 amide bonds. The van der Waals surface area contributed by atoms with Gasteiger partial charge in [-0.25, -0.2) is 4.79 Å². The second-order valence-electron chi connectivity index (χ2n) is 7.59. The zero-order chi connectivity index (χ0) is 20.0. The molecule has 1 aromatic carbocycles. The number of rotatable bonds is 4. The molecule has 0 saturated carbocycles. The van der Waals surface area contributed by atoms with Crippen LogP contribution in [0.1, 0.15) is 39.7 Å². The van der Waals surface area contributed by atoms with Crippen molar-refractivity contribution in [2.45, 2.75) is 39.5 Å². The van der Waals surface area contributed by atoms with Crippen LogP contribution >= 0.6 is 0 Å². The van der Waals surface area contributed by atoms with Gasteiger partial charge in [-0.3, -0.25) is 9.59 Å². The molecule has 1 aliphatic rings. The summed E-state index contributed by atoms with van der Waals surface area (Å²) in [7, 11) is 0. The number of piperazine rings is 1. The van der Waals surface area contributed by atoms with Crippen molar-refractivity contribution in [1.82, 2.24) is 9.80 Å². The highest BCUT2D eigenvalue weighted by Crippen LogP contribution is 2.29. The van der Waals surface area contributed by atoms with Gasteiger partial charge in [0.25, 0.3) is 0 Å². The SMILES string of the molecule is CCOC(=O)N1CCN(C(=O)CC(=O)Nc2ccccc2C(C)(C)C)CC1. The predicted molar refractivity (Wildman–Crippen MR) is 104 cm³/mol. The molecule has 27 heavy (non-hydrogen) atoms. The molecule has 0 unspecified atom stereocenters. The van der Waals surface area contributed by atoms with Crippen molar-refractivity contribution in [2.75, 3.05) is 38.1 Å². The van der Waals surface area contributed by atoms with Crippen LogP contribution in [0.5, 0.6) is 0 Å². The highest BCUT2D eigenvalue weighted by atomic mass is 16.6. The van der Waals surface area contributed by atoms with Crippen molar-refractivity contribution in [3.05, 3.63) is 29.8 Å². The molecule has 148 valence electrons. The van der Waals surface area contributed by atoms with Gasteiger partial charge in [0.15, 0.2) is 0 Å². The van der Waals surface area contributed by atoms with Crippen LogP contribution in [0.15, 0.2) is 24.3 Å². The zero-order valence-electron chi connectivity index (χ0n) is 16.6. The van der Waals surface area contributed by atoms with Crippen molar-refractivity contribution in [1.29, 1.82) is 0 Å². The van der Waals surface area contributed by atoms with Crippen molar-refractivity contribution >= 4 is 23.6 Å². The van der Waals surface area contributed by atoms with Gasteiger partial charge in [0.05, 0.1) is 6.61 Å². The van der Waals surface area contributed by atoms with Gasteiger partial charge in [-0.15, -0.1) is 0 Å². The normalized spacial score (nSPS) is 14.7. The lowest BCUT2D eigenvalue weighted by molar-refractivity contribution is -0.135. The van der Waals surface area contributed by atoms with E-state index in [0.717, 1.165) is 11.3 Å². The summed E-state index contributed by atoms with van der Waals surface area (Å²) in [5.41, 5.74) is 1.64. The van der Waals surface area contributed by atoms with Gasteiger partial charge in [0, 0.05) is 31.9 Å². The molecule has 0 atom stereocenters. The van der Waals surface area contributed by atoms with E-state index in [1.54, 1.807) is 16.7 Å². The van der Waals surface area contributed by atoms with E-state index < -0.39 is 0 Å². The molecule has 0 aliphatic carbocycles. The fourth-order valence-corrected chi connectivity index (χ4v) is 3.04. The molecule has 0 spiro atoms. The summed E-state index contributed by atoms with van der Waals surface area (Å²) in [4.78, 5) is 39.7. The fraction of sp³-hybridized carbons (Fsp3) is 0.550. The second-order valence-corrected chi connectivity index (χ2v) is 7.59. The van der Waals surface area contributed by atoms with Crippen LogP contribution in [-0.2, 0) is 19.7 Å². The van der Waals surface area contributed by atoms with Crippen LogP contribution < -0.4 is 5.32 Å². The number of para-hydroxylation sites is 1. The molecule has 2 rings (SSSR count). The van der Waals surface area contributed by atoms with Gasteiger partial charge in [-0.05, 0) is 24.0 Å². The van der Waals surface area contributed by atoms with Crippen LogP contribution in [0.4, 0.5) is 10.5 Å². The van der Waals surface area contributed by atoms with Crippen molar-refractivity contribution in [2.24, 2.45) is 0 Å². The van der Waals surface area contributed by atoms with Crippen LogP contribution in [0, 0.1) is 0 Å². The number of nitrogens with zero attached hydrogens (tertiary/aromatic N) is 2. The van der Waals surface area contributed by atoms with Gasteiger partial charge in [-0.2, -0.15) is 0 Å². The number of benzene rings is 1. The number of nitrogens with one attached hydrogen (secondary N) is 1. The third-order valence-electron chi connectivity index (χ3n) is 4.48. The number of carbonyl (C=O) groups excluding carboxylic acids is 3. The maximum atomic E-state index is 12.4. The fourth-order valence-electron chi connectivity index (χ4n) is 3.04. The maximum Gasteiger partial charge on any atom is 0.409 e. The Kier molecular flexibility index (Phi) is 6.82. The van der Waals surface area contributed by atoms with Gasteiger partial charge in [0.1, 0.15) is 6.42 Å². The third kappa shape index (κ3) is 5.70. The van der Waals surface area contributed by atoms with Gasteiger partial charge >= 0.3 is 6.09 Å². The van der Waals surface area contributed by atoms with Crippen LogP contribution in [0.3, 0.4) is 0 Å². The van der Waals surface area contributed by atoms with E-state index in [1.807, 2.05) is 24.3 Å². The summed E-state index contributed by atoms with van der Waals surface area (Å²) in [5, 5.41) is 2.86. The van der Waals surface area contributed by atoms with E-state index in [-0.39, 0.29) is 29.7 Å². The lowest BCUT2D eigenvalue weighted by Gasteiger charge is -2.34. The maximum absolute atomic E-state index is 12.4. The Labute approximate surface area is 160 Å². The van der Waals surface area contributed by atoms with E-state index in [4.69, 9.17) is 4.74 Å². The third-order valence-corrected chi connectivity index (χ3v) is 4.48. The lowest BCUT2D eigenvalue weighted by atomic mass is 9.86. The molecule has 1 saturated heterocycles. The lowest BCUT2D eigenvalue weighted by Crippen LogP contribution is -2.51. The molecule has 0 bridgehead atoms. The first-order chi connectivity index (χ1) is 12.7. The minimum Gasteiger partial charge on any atom is -0.450 e. The average molecular weight is 375 g/mol. The van der Waals surface area contributed by atoms with Gasteiger partial charge < -0.3 is 19.9 Å². The first-order valence-electron chi connectivity index (χ1n) is 9.31. The minimum absolute atomic E-state index is 0.114. The standard InChI is InChI=1S/C20H29N3O4/c1-5-27-19(26)23-12-10-22(11-13-23)18(25)14-17(24)21-16-9-7-6-8-15(16)20(2,3)4/h6-9H,5,10-14H2,1-4H3,(H,21,24). The van der Waals surface area contributed by atoms with Crippen molar-refractivity contribution < 1.29 is 19.1 Å². The molecule has 7 heteroatoms. The van der Waals surface area contributed by atoms with Crippen LogP contribution in [0.2, 0.25) is 0 Å². The van der Waals surface area contributed by atoms with Gasteiger partial charge in [-0.1, -0.05) is 39.0 Å². The van der Waals surface area contributed by atoms with Crippen molar-refractivity contribution in [3.63, 3.8) is 0 Å². The van der Waals surface area contributed by atoms with E-state index in [9.17, 15) is 14.4 Å². The quantitative estimate of drug-likeness (QED) is 0.821. The Morgan fingerprint density at radius 3 is 2.22 bits per heavy atom. The monoisotopic (exact) mass is 375 g/mol. The highest BCUT2D eigenvalue weighted by molar-refractivity contribution is 6.04. The van der Waals surface area contributed by atoms with Crippen LogP contribution in [0.25, 0.3) is 0 Å². The number of hydrogen-bond acceptors (Lipinski definition) is 4. The summed E-state index contributed by atoms with van der Waals surface area (Å²) >= 11 is 0. The zero-order valence-corrected chi connectivity index (χ0v) is 16.6. The number of ether oxygens (including phenoxy) is 1. The van der Waals surface area contributed by atoms with E-state index in [2.05, 4.69) is 26.1 Å². The molecule has 1 heterocycles. The Morgan fingerprint density at radius 2 is 1.63 bits per heavy atom. The molecule has 0 radical (unpaired) electrons. The molecular formula is C20H29N3O4. The predicted octanol–water partition coefficient (Wildman–Crippen LogP) is 2.61. The summed E-state index contributed by atoms with van der Waals surface area (Å²) < 4.78 is 4.97. The number of carbonyl (C=O) groups is 3. The molecule has 0 aromatic heterocycles. The Balaban J connectivity index is 1.89. The molecular weight excluding hydrogens is 346 g/mol. The molecule has 7 nitrogen and oxygen atoms in total. The van der Waals surface area contributed by atoms with E-state index in [0.29, 0.717) is 32.8 Å². The Hall–Kier alpha value is -2.57. The number of amides is 3. The molecule has 1 fully saturated rings. The van der Waals surface area contributed by atoms with E-state index >= 15 is 0 Å². The summed E-state index contributed by atoms with van der Waals surface area (Å²) in [5.74, 6) is -0.561.